The summed E-state index contributed by atoms with van der Waals surface area (Å²) in [6, 6.07) is 9.01. The van der Waals surface area contributed by atoms with Crippen LogP contribution in [0, 0.1) is 5.82 Å². The van der Waals surface area contributed by atoms with E-state index in [-0.39, 0.29) is 28.5 Å². The lowest BCUT2D eigenvalue weighted by molar-refractivity contribution is -0.140. The van der Waals surface area contributed by atoms with Gasteiger partial charge < -0.3 is 14.9 Å². The fourth-order valence-corrected chi connectivity index (χ4v) is 3.52. The number of amides is 1. The molecule has 0 aliphatic carbocycles. The SMILES string of the molecule is CN(C)CCN1C(=O)C(=O)C(=C(O)c2ccc(F)cc2)[C@@H]1c1ccc(Cl)c(Cl)c1. The van der Waals surface area contributed by atoms with Crippen molar-refractivity contribution < 1.29 is 19.1 Å². The lowest BCUT2D eigenvalue weighted by Crippen LogP contribution is -2.35. The molecule has 1 N–H and O–H groups in total. The number of hydrogen-bond acceptors (Lipinski definition) is 4. The molecule has 0 unspecified atom stereocenters. The molecule has 1 aliphatic rings. The van der Waals surface area contributed by atoms with Crippen LogP contribution in [0.3, 0.4) is 0 Å². The molecular weight excluding hydrogens is 418 g/mol. The number of carbonyl (C=O) groups is 2. The summed E-state index contributed by atoms with van der Waals surface area (Å²) in [6.45, 7) is 0.782. The summed E-state index contributed by atoms with van der Waals surface area (Å²) in [5.41, 5.74) is 0.710. The maximum Gasteiger partial charge on any atom is 0.295 e. The zero-order chi connectivity index (χ0) is 21.3. The molecule has 2 aromatic rings. The minimum atomic E-state index is -0.838. The van der Waals surface area contributed by atoms with Crippen LogP contribution in [0.25, 0.3) is 5.76 Å². The minimum absolute atomic E-state index is 0.0706. The van der Waals surface area contributed by atoms with E-state index >= 15 is 0 Å². The molecule has 0 spiro atoms. The molecule has 152 valence electrons. The van der Waals surface area contributed by atoms with E-state index in [1.54, 1.807) is 18.2 Å². The van der Waals surface area contributed by atoms with Gasteiger partial charge in [0.05, 0.1) is 21.7 Å². The monoisotopic (exact) mass is 436 g/mol. The van der Waals surface area contributed by atoms with Crippen molar-refractivity contribution in [2.45, 2.75) is 6.04 Å². The van der Waals surface area contributed by atoms with Gasteiger partial charge in [-0.2, -0.15) is 0 Å². The normalized spacial score (nSPS) is 18.7. The number of aliphatic hydroxyl groups excluding tert-OH is 1. The highest BCUT2D eigenvalue weighted by Gasteiger charge is 2.46. The van der Waals surface area contributed by atoms with Crippen LogP contribution in [-0.4, -0.2) is 53.8 Å². The van der Waals surface area contributed by atoms with E-state index in [0.717, 1.165) is 0 Å². The average Bonchev–Trinajstić information content (AvgIpc) is 2.93. The van der Waals surface area contributed by atoms with Crippen LogP contribution in [0.1, 0.15) is 17.2 Å². The molecule has 5 nitrogen and oxygen atoms in total. The molecule has 0 aromatic heterocycles. The Kier molecular flexibility index (Phi) is 6.27. The number of halogens is 3. The number of aliphatic hydroxyl groups is 1. The predicted molar refractivity (Wildman–Crippen MR) is 110 cm³/mol. The fourth-order valence-electron chi connectivity index (χ4n) is 3.21. The van der Waals surface area contributed by atoms with E-state index in [1.807, 2.05) is 19.0 Å². The van der Waals surface area contributed by atoms with Crippen molar-refractivity contribution >= 4 is 40.7 Å². The van der Waals surface area contributed by atoms with Gasteiger partial charge in [-0.05, 0) is 56.1 Å². The summed E-state index contributed by atoms with van der Waals surface area (Å²) in [5.74, 6) is -2.37. The van der Waals surface area contributed by atoms with Crippen molar-refractivity contribution in [3.8, 4) is 0 Å². The lowest BCUT2D eigenvalue weighted by Gasteiger charge is -2.26. The number of likely N-dealkylation sites (N-methyl/N-ethyl adjacent to an activating group) is 1. The topological polar surface area (TPSA) is 60.9 Å². The molecule has 1 atom stereocenters. The Labute approximate surface area is 177 Å². The van der Waals surface area contributed by atoms with Crippen molar-refractivity contribution in [2.75, 3.05) is 27.2 Å². The Bertz CT molecular complexity index is 990. The molecule has 8 heteroatoms. The predicted octanol–water partition coefficient (Wildman–Crippen LogP) is 4.12. The lowest BCUT2D eigenvalue weighted by atomic mass is 9.95. The van der Waals surface area contributed by atoms with Gasteiger partial charge in [-0.1, -0.05) is 29.3 Å². The first-order chi connectivity index (χ1) is 13.7. The van der Waals surface area contributed by atoms with Gasteiger partial charge in [0, 0.05) is 18.7 Å². The number of carbonyl (C=O) groups excluding carboxylic acids is 2. The van der Waals surface area contributed by atoms with Gasteiger partial charge in [-0.25, -0.2) is 4.39 Å². The van der Waals surface area contributed by atoms with Gasteiger partial charge in [0.2, 0.25) is 0 Å². The maximum absolute atomic E-state index is 13.3. The fraction of sp³-hybridized carbons (Fsp3) is 0.238. The number of ketones is 1. The summed E-state index contributed by atoms with van der Waals surface area (Å²) in [6.07, 6.45) is 0. The molecule has 1 heterocycles. The van der Waals surface area contributed by atoms with Crippen molar-refractivity contribution in [2.24, 2.45) is 0 Å². The molecule has 0 radical (unpaired) electrons. The van der Waals surface area contributed by atoms with Crippen molar-refractivity contribution in [1.82, 2.24) is 9.80 Å². The maximum atomic E-state index is 13.3. The second-order valence-corrected chi connectivity index (χ2v) is 7.79. The largest absolute Gasteiger partial charge is 0.507 e. The van der Waals surface area contributed by atoms with Gasteiger partial charge in [0.15, 0.2) is 0 Å². The Balaban J connectivity index is 2.16. The van der Waals surface area contributed by atoms with E-state index in [0.29, 0.717) is 17.1 Å². The number of benzene rings is 2. The van der Waals surface area contributed by atoms with Gasteiger partial charge in [-0.15, -0.1) is 0 Å². The van der Waals surface area contributed by atoms with E-state index in [2.05, 4.69) is 0 Å². The van der Waals surface area contributed by atoms with E-state index in [9.17, 15) is 19.1 Å². The highest BCUT2D eigenvalue weighted by molar-refractivity contribution is 6.46. The third kappa shape index (κ3) is 4.29. The Morgan fingerprint density at radius 1 is 1.10 bits per heavy atom. The third-order valence-electron chi connectivity index (χ3n) is 4.71. The summed E-state index contributed by atoms with van der Waals surface area (Å²) >= 11 is 12.2. The Morgan fingerprint density at radius 3 is 2.34 bits per heavy atom. The second kappa shape index (κ2) is 8.53. The zero-order valence-electron chi connectivity index (χ0n) is 15.8. The Hall–Kier alpha value is -2.41. The average molecular weight is 437 g/mol. The van der Waals surface area contributed by atoms with Gasteiger partial charge >= 0.3 is 0 Å². The van der Waals surface area contributed by atoms with Crippen LogP contribution >= 0.6 is 23.2 Å². The van der Waals surface area contributed by atoms with Crippen LogP contribution in [0.15, 0.2) is 48.0 Å². The van der Waals surface area contributed by atoms with Crippen molar-refractivity contribution in [1.29, 1.82) is 0 Å². The zero-order valence-corrected chi connectivity index (χ0v) is 17.3. The molecule has 1 saturated heterocycles. The number of rotatable bonds is 5. The molecule has 0 saturated carbocycles. The molecule has 29 heavy (non-hydrogen) atoms. The van der Waals surface area contributed by atoms with Crippen LogP contribution < -0.4 is 0 Å². The number of likely N-dealkylation sites (tertiary alicyclic amines) is 1. The summed E-state index contributed by atoms with van der Waals surface area (Å²) in [7, 11) is 3.70. The summed E-state index contributed by atoms with van der Waals surface area (Å²) < 4.78 is 13.3. The quantitative estimate of drug-likeness (QED) is 0.435. The third-order valence-corrected chi connectivity index (χ3v) is 5.44. The molecule has 2 aromatic carbocycles. The van der Waals surface area contributed by atoms with Crippen LogP contribution in [-0.2, 0) is 9.59 Å². The molecule has 1 fully saturated rings. The highest BCUT2D eigenvalue weighted by atomic mass is 35.5. The van der Waals surface area contributed by atoms with Crippen LogP contribution in [0.5, 0.6) is 0 Å². The van der Waals surface area contributed by atoms with Crippen LogP contribution in [0.2, 0.25) is 10.0 Å². The van der Waals surface area contributed by atoms with Crippen LogP contribution in [0.4, 0.5) is 4.39 Å². The molecule has 3 rings (SSSR count). The number of Topliss-reactive ketones (excluding diaryl/α,β-unsaturated/α-hetero) is 1. The van der Waals surface area contributed by atoms with Gasteiger partial charge in [-0.3, -0.25) is 9.59 Å². The molecular formula is C21H19Cl2FN2O3. The van der Waals surface area contributed by atoms with E-state index in [4.69, 9.17) is 23.2 Å². The van der Waals surface area contributed by atoms with Crippen molar-refractivity contribution in [3.05, 3.63) is 75.0 Å². The standard InChI is InChI=1S/C21H19Cl2FN2O3/c1-25(2)9-10-26-18(13-5-8-15(22)16(23)11-13)17(20(28)21(26)29)19(27)12-3-6-14(24)7-4-12/h3-8,11,18,27H,9-10H2,1-2H3/t18-/m0/s1. The van der Waals surface area contributed by atoms with Crippen molar-refractivity contribution in [3.63, 3.8) is 0 Å². The molecule has 1 aliphatic heterocycles. The first kappa shape index (κ1) is 21.3. The number of hydrogen-bond donors (Lipinski definition) is 1. The Morgan fingerprint density at radius 2 is 1.76 bits per heavy atom. The minimum Gasteiger partial charge on any atom is -0.507 e. The summed E-state index contributed by atoms with van der Waals surface area (Å²) in [4.78, 5) is 28.8. The molecule has 1 amide bonds. The van der Waals surface area contributed by atoms with E-state index < -0.39 is 23.5 Å². The van der Waals surface area contributed by atoms with Gasteiger partial charge in [0.25, 0.3) is 11.7 Å². The highest BCUT2D eigenvalue weighted by Crippen LogP contribution is 2.40. The first-order valence-electron chi connectivity index (χ1n) is 8.84. The summed E-state index contributed by atoms with van der Waals surface area (Å²) in [5, 5.41) is 11.4. The number of nitrogens with zero attached hydrogens (tertiary/aromatic N) is 2. The van der Waals surface area contributed by atoms with E-state index in [1.165, 1.54) is 29.2 Å². The first-order valence-corrected chi connectivity index (χ1v) is 9.60. The second-order valence-electron chi connectivity index (χ2n) is 6.98. The van der Waals surface area contributed by atoms with Gasteiger partial charge in [0.1, 0.15) is 11.6 Å². The smallest absolute Gasteiger partial charge is 0.295 e. The molecule has 0 bridgehead atoms.